The molecule has 0 N–H and O–H groups in total. The second-order valence-corrected chi connectivity index (χ2v) is 5.00. The first-order chi connectivity index (χ1) is 9.61. The Hall–Kier alpha value is -1.87. The van der Waals surface area contributed by atoms with E-state index < -0.39 is 0 Å². The van der Waals surface area contributed by atoms with Gasteiger partial charge in [-0.15, -0.1) is 0 Å². The van der Waals surface area contributed by atoms with Crippen LogP contribution in [0.25, 0.3) is 0 Å². The lowest BCUT2D eigenvalue weighted by Gasteiger charge is -2.23. The van der Waals surface area contributed by atoms with Gasteiger partial charge in [-0.1, -0.05) is 11.6 Å². The number of aromatic nitrogens is 1. The Kier molecular flexibility index (Phi) is 4.74. The smallest absolute Gasteiger partial charge is 0.161 e. The van der Waals surface area contributed by atoms with E-state index in [-0.39, 0.29) is 5.78 Å². The molecule has 3 nitrogen and oxygen atoms in total. The summed E-state index contributed by atoms with van der Waals surface area (Å²) in [5, 5.41) is 0.503. The van der Waals surface area contributed by atoms with Crippen molar-refractivity contribution in [2.24, 2.45) is 0 Å². The standard InChI is InChI=1S/C16H17ClN2O/c1-3-19(11-13-6-8-18-9-7-13)14-4-5-15(12(2)20)16(17)10-14/h4-10H,3,11H2,1-2H3. The van der Waals surface area contributed by atoms with Crippen LogP contribution >= 0.6 is 11.6 Å². The lowest BCUT2D eigenvalue weighted by molar-refractivity contribution is 0.101. The third-order valence-electron chi connectivity index (χ3n) is 3.20. The monoisotopic (exact) mass is 288 g/mol. The number of benzene rings is 1. The molecule has 4 heteroatoms. The fourth-order valence-electron chi connectivity index (χ4n) is 2.08. The predicted molar refractivity (Wildman–Crippen MR) is 82.4 cm³/mol. The first kappa shape index (κ1) is 14.5. The summed E-state index contributed by atoms with van der Waals surface area (Å²) in [6.07, 6.45) is 3.57. The number of hydrogen-bond donors (Lipinski definition) is 0. The van der Waals surface area contributed by atoms with Gasteiger partial charge in [-0.2, -0.15) is 0 Å². The van der Waals surface area contributed by atoms with E-state index in [2.05, 4.69) is 16.8 Å². The predicted octanol–water partition coefficient (Wildman–Crippen LogP) is 3.96. The zero-order valence-corrected chi connectivity index (χ0v) is 12.4. The lowest BCUT2D eigenvalue weighted by atomic mass is 10.1. The molecule has 0 aliphatic rings. The molecule has 0 saturated heterocycles. The Bertz CT molecular complexity index is 599. The Labute approximate surface area is 124 Å². The molecular weight excluding hydrogens is 272 g/mol. The number of ketones is 1. The van der Waals surface area contributed by atoms with Crippen LogP contribution in [-0.4, -0.2) is 17.3 Å². The summed E-state index contributed by atoms with van der Waals surface area (Å²) in [6, 6.07) is 9.56. The Morgan fingerprint density at radius 3 is 2.50 bits per heavy atom. The minimum atomic E-state index is -0.0151. The first-order valence-electron chi connectivity index (χ1n) is 6.56. The third-order valence-corrected chi connectivity index (χ3v) is 3.51. The van der Waals surface area contributed by atoms with Gasteiger partial charge >= 0.3 is 0 Å². The van der Waals surface area contributed by atoms with Gasteiger partial charge in [0.15, 0.2) is 5.78 Å². The minimum Gasteiger partial charge on any atom is -0.367 e. The van der Waals surface area contributed by atoms with Gasteiger partial charge in [0.1, 0.15) is 0 Å². The van der Waals surface area contributed by atoms with E-state index >= 15 is 0 Å². The highest BCUT2D eigenvalue weighted by atomic mass is 35.5. The first-order valence-corrected chi connectivity index (χ1v) is 6.94. The van der Waals surface area contributed by atoms with Crippen LogP contribution in [0.3, 0.4) is 0 Å². The highest BCUT2D eigenvalue weighted by Gasteiger charge is 2.10. The van der Waals surface area contributed by atoms with Crippen molar-refractivity contribution in [3.05, 3.63) is 58.9 Å². The largest absolute Gasteiger partial charge is 0.367 e. The Balaban J connectivity index is 2.24. The zero-order valence-electron chi connectivity index (χ0n) is 11.6. The zero-order chi connectivity index (χ0) is 14.5. The summed E-state index contributed by atoms with van der Waals surface area (Å²) < 4.78 is 0. The normalized spacial score (nSPS) is 10.3. The van der Waals surface area contributed by atoms with Crippen LogP contribution < -0.4 is 4.90 Å². The highest BCUT2D eigenvalue weighted by Crippen LogP contribution is 2.25. The average Bonchev–Trinajstić information content (AvgIpc) is 2.45. The third kappa shape index (κ3) is 3.36. The van der Waals surface area contributed by atoms with Crippen molar-refractivity contribution in [3.8, 4) is 0 Å². The van der Waals surface area contributed by atoms with Gasteiger partial charge in [-0.05, 0) is 49.7 Å². The van der Waals surface area contributed by atoms with Crippen molar-refractivity contribution in [1.82, 2.24) is 4.98 Å². The molecule has 0 saturated carbocycles. The fourth-order valence-corrected chi connectivity index (χ4v) is 2.39. The number of hydrogen-bond acceptors (Lipinski definition) is 3. The van der Waals surface area contributed by atoms with E-state index in [0.717, 1.165) is 18.8 Å². The summed E-state index contributed by atoms with van der Waals surface area (Å²) in [4.78, 5) is 17.6. The van der Waals surface area contributed by atoms with Gasteiger partial charge in [-0.3, -0.25) is 9.78 Å². The van der Waals surface area contributed by atoms with Gasteiger partial charge in [0.25, 0.3) is 0 Å². The van der Waals surface area contributed by atoms with Crippen molar-refractivity contribution >= 4 is 23.1 Å². The van der Waals surface area contributed by atoms with E-state index in [0.29, 0.717) is 10.6 Å². The number of anilines is 1. The summed E-state index contributed by atoms with van der Waals surface area (Å²) >= 11 is 6.17. The number of halogens is 1. The average molecular weight is 289 g/mol. The van der Waals surface area contributed by atoms with Crippen LogP contribution in [0.2, 0.25) is 5.02 Å². The number of nitrogens with zero attached hydrogens (tertiary/aromatic N) is 2. The van der Waals surface area contributed by atoms with Crippen molar-refractivity contribution in [1.29, 1.82) is 0 Å². The summed E-state index contributed by atoms with van der Waals surface area (Å²) in [6.45, 7) is 5.26. The maximum Gasteiger partial charge on any atom is 0.161 e. The molecule has 2 aromatic rings. The van der Waals surface area contributed by atoms with E-state index in [1.165, 1.54) is 12.5 Å². The molecular formula is C16H17ClN2O. The van der Waals surface area contributed by atoms with Gasteiger partial charge in [0, 0.05) is 36.7 Å². The van der Waals surface area contributed by atoms with E-state index in [1.807, 2.05) is 24.3 Å². The molecule has 1 aromatic carbocycles. The second-order valence-electron chi connectivity index (χ2n) is 4.59. The van der Waals surface area contributed by atoms with Crippen LogP contribution in [0.15, 0.2) is 42.7 Å². The van der Waals surface area contributed by atoms with Gasteiger partial charge in [0.05, 0.1) is 5.02 Å². The van der Waals surface area contributed by atoms with Gasteiger partial charge < -0.3 is 4.90 Å². The van der Waals surface area contributed by atoms with Crippen molar-refractivity contribution < 1.29 is 4.79 Å². The van der Waals surface area contributed by atoms with Crippen molar-refractivity contribution in [3.63, 3.8) is 0 Å². The summed E-state index contributed by atoms with van der Waals surface area (Å²) in [5.74, 6) is -0.0151. The fraction of sp³-hybridized carbons (Fsp3) is 0.250. The molecule has 0 spiro atoms. The van der Waals surface area contributed by atoms with Gasteiger partial charge in [-0.25, -0.2) is 0 Å². The van der Waals surface area contributed by atoms with E-state index in [9.17, 15) is 4.79 Å². The molecule has 20 heavy (non-hydrogen) atoms. The molecule has 104 valence electrons. The molecule has 1 aromatic heterocycles. The molecule has 0 bridgehead atoms. The van der Waals surface area contributed by atoms with Gasteiger partial charge in [0.2, 0.25) is 0 Å². The van der Waals surface area contributed by atoms with Crippen LogP contribution in [0.5, 0.6) is 0 Å². The van der Waals surface area contributed by atoms with E-state index in [4.69, 9.17) is 11.6 Å². The summed E-state index contributed by atoms with van der Waals surface area (Å²) in [7, 11) is 0. The van der Waals surface area contributed by atoms with Crippen LogP contribution in [0, 0.1) is 0 Å². The molecule has 0 atom stereocenters. The molecule has 0 aliphatic carbocycles. The molecule has 1 heterocycles. The van der Waals surface area contributed by atoms with Crippen molar-refractivity contribution in [2.45, 2.75) is 20.4 Å². The summed E-state index contributed by atoms with van der Waals surface area (Å²) in [5.41, 5.74) is 2.77. The Morgan fingerprint density at radius 1 is 1.25 bits per heavy atom. The number of pyridine rings is 1. The van der Waals surface area contributed by atoms with Crippen LogP contribution in [0.1, 0.15) is 29.8 Å². The lowest BCUT2D eigenvalue weighted by Crippen LogP contribution is -2.22. The molecule has 2 rings (SSSR count). The molecule has 0 radical (unpaired) electrons. The molecule has 0 amide bonds. The minimum absolute atomic E-state index is 0.0151. The molecule has 0 aliphatic heterocycles. The maximum absolute atomic E-state index is 11.4. The second kappa shape index (κ2) is 6.53. The number of rotatable bonds is 5. The SMILES string of the molecule is CCN(Cc1ccncc1)c1ccc(C(C)=O)c(Cl)c1. The maximum atomic E-state index is 11.4. The van der Waals surface area contributed by atoms with Crippen LogP contribution in [-0.2, 0) is 6.54 Å². The number of carbonyl (C=O) groups is 1. The molecule has 0 unspecified atom stereocenters. The van der Waals surface area contributed by atoms with Crippen molar-refractivity contribution in [2.75, 3.05) is 11.4 Å². The quantitative estimate of drug-likeness (QED) is 0.781. The Morgan fingerprint density at radius 2 is 1.95 bits per heavy atom. The highest BCUT2D eigenvalue weighted by molar-refractivity contribution is 6.34. The van der Waals surface area contributed by atoms with Crippen LogP contribution in [0.4, 0.5) is 5.69 Å². The topological polar surface area (TPSA) is 33.2 Å². The molecule has 0 fully saturated rings. The number of carbonyl (C=O) groups excluding carboxylic acids is 1. The number of Topliss-reactive ketones (excluding diaryl/α,β-unsaturated/α-hetero) is 1. The van der Waals surface area contributed by atoms with E-state index in [1.54, 1.807) is 18.5 Å².